The number of nitrogens with zero attached hydrogens (tertiary/aromatic N) is 2. The third-order valence-corrected chi connectivity index (χ3v) is 7.28. The maximum Gasteiger partial charge on any atom is 0.315 e. The molecule has 0 saturated carbocycles. The Balaban J connectivity index is 1.34. The van der Waals surface area contributed by atoms with Crippen molar-refractivity contribution in [1.82, 2.24) is 25.8 Å². The number of hydrogen-bond acceptors (Lipinski definition) is 8. The van der Waals surface area contributed by atoms with Gasteiger partial charge in [-0.2, -0.15) is 0 Å². The van der Waals surface area contributed by atoms with Gasteiger partial charge in [0, 0.05) is 56.8 Å². The van der Waals surface area contributed by atoms with Crippen LogP contribution in [0.1, 0.15) is 28.0 Å². The molecule has 12 heteroatoms. The van der Waals surface area contributed by atoms with Crippen LogP contribution in [-0.2, 0) is 27.3 Å². The number of likely N-dealkylation sites (tertiary alicyclic amines) is 1. The number of nitrogens with one attached hydrogen (secondary N) is 3. The van der Waals surface area contributed by atoms with E-state index in [9.17, 15) is 14.4 Å². The molecule has 44 heavy (non-hydrogen) atoms. The SMILES string of the molecule is COCCOc1cc2cc(c1)C(=O)NCCNC(=O)N[C@H]1CCN(C(=O)Cc3ccccn3)C[C@@H]1OCc1cccc(c1)O2. The average Bonchev–Trinajstić information content (AvgIpc) is 3.03. The van der Waals surface area contributed by atoms with Crippen LogP contribution in [0.4, 0.5) is 4.79 Å². The number of aromatic nitrogens is 1. The number of carbonyl (C=O) groups is 3. The zero-order valence-electron chi connectivity index (χ0n) is 24.6. The first-order valence-electron chi connectivity index (χ1n) is 14.6. The second-order valence-corrected chi connectivity index (χ2v) is 10.5. The number of benzene rings is 2. The molecule has 3 aromatic rings. The highest BCUT2D eigenvalue weighted by Gasteiger charge is 2.33. The van der Waals surface area contributed by atoms with E-state index in [2.05, 4.69) is 20.9 Å². The molecule has 0 unspecified atom stereocenters. The largest absolute Gasteiger partial charge is 0.491 e. The molecule has 4 bridgehead atoms. The molecule has 2 aliphatic rings. The van der Waals surface area contributed by atoms with E-state index < -0.39 is 6.10 Å². The van der Waals surface area contributed by atoms with Gasteiger partial charge >= 0.3 is 6.03 Å². The normalized spacial score (nSPS) is 19.2. The number of fused-ring (bicyclic) bond motifs is 5. The molecule has 1 saturated heterocycles. The van der Waals surface area contributed by atoms with Gasteiger partial charge in [0.05, 0.1) is 31.8 Å². The van der Waals surface area contributed by atoms with Crippen molar-refractivity contribution in [3.8, 4) is 17.2 Å². The fraction of sp³-hybridized carbons (Fsp3) is 0.375. The Morgan fingerprint density at radius 2 is 1.91 bits per heavy atom. The van der Waals surface area contributed by atoms with Gasteiger partial charge < -0.3 is 39.8 Å². The van der Waals surface area contributed by atoms with Crippen molar-refractivity contribution < 1.29 is 33.3 Å². The average molecular weight is 604 g/mol. The number of pyridine rings is 1. The highest BCUT2D eigenvalue weighted by Crippen LogP contribution is 2.29. The Morgan fingerprint density at radius 3 is 2.75 bits per heavy atom. The van der Waals surface area contributed by atoms with E-state index in [-0.39, 0.29) is 50.0 Å². The summed E-state index contributed by atoms with van der Waals surface area (Å²) in [5.74, 6) is 1.06. The van der Waals surface area contributed by atoms with Crippen LogP contribution in [0, 0.1) is 0 Å². The lowest BCUT2D eigenvalue weighted by atomic mass is 10.0. The van der Waals surface area contributed by atoms with Gasteiger partial charge in [-0.25, -0.2) is 4.79 Å². The van der Waals surface area contributed by atoms with Gasteiger partial charge in [-0.15, -0.1) is 0 Å². The predicted molar refractivity (Wildman–Crippen MR) is 161 cm³/mol. The Kier molecular flexibility index (Phi) is 10.6. The van der Waals surface area contributed by atoms with Gasteiger partial charge in [0.1, 0.15) is 23.9 Å². The van der Waals surface area contributed by atoms with Gasteiger partial charge in [-0.05, 0) is 48.4 Å². The van der Waals surface area contributed by atoms with Crippen molar-refractivity contribution >= 4 is 17.8 Å². The van der Waals surface area contributed by atoms with Crippen LogP contribution in [0.3, 0.4) is 0 Å². The molecule has 3 N–H and O–H groups in total. The van der Waals surface area contributed by atoms with Crippen molar-refractivity contribution in [2.75, 3.05) is 46.5 Å². The number of methoxy groups -OCH3 is 1. The minimum atomic E-state index is -0.450. The van der Waals surface area contributed by atoms with E-state index in [1.807, 2.05) is 42.5 Å². The van der Waals surface area contributed by atoms with Gasteiger partial charge in [0.2, 0.25) is 5.91 Å². The smallest absolute Gasteiger partial charge is 0.315 e. The summed E-state index contributed by atoms with van der Waals surface area (Å²) in [7, 11) is 1.58. The third-order valence-electron chi connectivity index (χ3n) is 7.28. The molecule has 232 valence electrons. The second kappa shape index (κ2) is 15.2. The van der Waals surface area contributed by atoms with Gasteiger partial charge in [-0.3, -0.25) is 14.6 Å². The molecular formula is C32H37N5O7. The second-order valence-electron chi connectivity index (χ2n) is 10.5. The maximum absolute atomic E-state index is 13.1. The number of amides is 4. The third kappa shape index (κ3) is 8.68. The first-order valence-corrected chi connectivity index (χ1v) is 14.6. The molecule has 2 aromatic carbocycles. The lowest BCUT2D eigenvalue weighted by Crippen LogP contribution is -2.58. The molecule has 12 nitrogen and oxygen atoms in total. The molecule has 2 atom stereocenters. The Morgan fingerprint density at radius 1 is 1.02 bits per heavy atom. The molecule has 1 fully saturated rings. The molecule has 2 aliphatic heterocycles. The van der Waals surface area contributed by atoms with Gasteiger partial charge in [0.15, 0.2) is 0 Å². The van der Waals surface area contributed by atoms with Crippen molar-refractivity contribution in [1.29, 1.82) is 0 Å². The molecule has 0 radical (unpaired) electrons. The van der Waals surface area contributed by atoms with Crippen molar-refractivity contribution in [3.63, 3.8) is 0 Å². The summed E-state index contributed by atoms with van der Waals surface area (Å²) in [6.07, 6.45) is 1.93. The van der Waals surface area contributed by atoms with E-state index in [1.54, 1.807) is 36.4 Å². The summed E-state index contributed by atoms with van der Waals surface area (Å²) >= 11 is 0. The first-order chi connectivity index (χ1) is 21.5. The molecule has 1 aromatic heterocycles. The zero-order chi connectivity index (χ0) is 30.7. The van der Waals surface area contributed by atoms with Crippen LogP contribution in [0.5, 0.6) is 17.2 Å². The first kappa shape index (κ1) is 30.8. The lowest BCUT2D eigenvalue weighted by molar-refractivity contribution is -0.135. The molecule has 0 aliphatic carbocycles. The Hall–Kier alpha value is -4.68. The van der Waals surface area contributed by atoms with Gasteiger partial charge in [0.25, 0.3) is 5.91 Å². The predicted octanol–water partition coefficient (Wildman–Crippen LogP) is 2.67. The Labute approximate surface area is 256 Å². The summed E-state index contributed by atoms with van der Waals surface area (Å²) in [6, 6.07) is 17.2. The number of hydrogen-bond donors (Lipinski definition) is 3. The van der Waals surface area contributed by atoms with Crippen LogP contribution >= 0.6 is 0 Å². The standard InChI is InChI=1S/C32H37N5O7/c1-41-13-14-42-26-16-23-17-27(19-26)44-25-7-4-5-22(15-25)21-43-29-20-37(30(38)18-24-6-2-3-9-33-24)12-8-28(29)36-32(40)35-11-10-34-31(23)39/h2-7,9,15-17,19,28-29H,8,10-14,18,20-21H2,1H3,(H,34,39)(H2,35,36,40)/t28-,29-/m0/s1. The van der Waals surface area contributed by atoms with Crippen molar-refractivity contribution in [2.45, 2.75) is 31.6 Å². The monoisotopic (exact) mass is 603 g/mol. The maximum atomic E-state index is 13.1. The highest BCUT2D eigenvalue weighted by molar-refractivity contribution is 5.95. The van der Waals surface area contributed by atoms with Crippen LogP contribution in [0.2, 0.25) is 0 Å². The summed E-state index contributed by atoms with van der Waals surface area (Å²) < 4.78 is 23.3. The number of ether oxygens (including phenoxy) is 4. The fourth-order valence-electron chi connectivity index (χ4n) is 5.05. The minimum absolute atomic E-state index is 0.0476. The van der Waals surface area contributed by atoms with Crippen LogP contribution in [0.15, 0.2) is 66.9 Å². The highest BCUT2D eigenvalue weighted by atomic mass is 16.5. The number of rotatable bonds is 6. The summed E-state index contributed by atoms with van der Waals surface area (Å²) in [5.41, 5.74) is 1.90. The van der Waals surface area contributed by atoms with Crippen LogP contribution in [0.25, 0.3) is 0 Å². The van der Waals surface area contributed by atoms with Crippen molar-refractivity contribution in [2.24, 2.45) is 0 Å². The van der Waals surface area contributed by atoms with Crippen molar-refractivity contribution in [3.05, 3.63) is 83.7 Å². The molecule has 3 heterocycles. The zero-order valence-corrected chi connectivity index (χ0v) is 24.6. The summed E-state index contributed by atoms with van der Waals surface area (Å²) in [4.78, 5) is 44.9. The van der Waals surface area contributed by atoms with Gasteiger partial charge in [-0.1, -0.05) is 18.2 Å². The number of carbonyl (C=O) groups excluding carboxylic acids is 3. The quantitative estimate of drug-likeness (QED) is 0.366. The summed E-state index contributed by atoms with van der Waals surface area (Å²) in [5, 5.41) is 8.61. The van der Waals surface area contributed by atoms with Crippen LogP contribution in [-0.4, -0.2) is 86.4 Å². The topological polar surface area (TPSA) is 140 Å². The number of urea groups is 1. The molecule has 0 spiro atoms. The minimum Gasteiger partial charge on any atom is -0.491 e. The lowest BCUT2D eigenvalue weighted by Gasteiger charge is -2.38. The Bertz CT molecular complexity index is 1440. The van der Waals surface area contributed by atoms with Crippen LogP contribution < -0.4 is 25.4 Å². The van der Waals surface area contributed by atoms with E-state index in [4.69, 9.17) is 18.9 Å². The van der Waals surface area contributed by atoms with E-state index in [1.165, 1.54) is 0 Å². The fourth-order valence-corrected chi connectivity index (χ4v) is 5.05. The number of piperidine rings is 1. The molecular weight excluding hydrogens is 566 g/mol. The molecule has 5 rings (SSSR count). The van der Waals surface area contributed by atoms with E-state index in [0.29, 0.717) is 61.2 Å². The molecule has 4 amide bonds. The summed E-state index contributed by atoms with van der Waals surface area (Å²) in [6.45, 7) is 2.15. The van der Waals surface area contributed by atoms with E-state index in [0.717, 1.165) is 5.56 Å². The van der Waals surface area contributed by atoms with E-state index >= 15 is 0 Å².